The first kappa shape index (κ1) is 16.2. The summed E-state index contributed by atoms with van der Waals surface area (Å²) in [5, 5.41) is 3.14. The Hall–Kier alpha value is -1.71. The Morgan fingerprint density at radius 2 is 2.13 bits per heavy atom. The van der Waals surface area contributed by atoms with Gasteiger partial charge in [-0.15, -0.1) is 0 Å². The van der Waals surface area contributed by atoms with Crippen molar-refractivity contribution in [2.45, 2.75) is 32.6 Å². The zero-order valence-electron chi connectivity index (χ0n) is 14.3. The largest absolute Gasteiger partial charge is 0.495 e. The van der Waals surface area contributed by atoms with E-state index in [-0.39, 0.29) is 5.91 Å². The van der Waals surface area contributed by atoms with Crippen LogP contribution in [0, 0.1) is 17.8 Å². The molecule has 3 rings (SSSR count). The van der Waals surface area contributed by atoms with Crippen molar-refractivity contribution in [2.24, 2.45) is 17.8 Å². The third-order valence-electron chi connectivity index (χ3n) is 5.23. The summed E-state index contributed by atoms with van der Waals surface area (Å²) in [6, 6.07) is 8.16. The smallest absolute Gasteiger partial charge is 0.220 e. The minimum Gasteiger partial charge on any atom is -0.495 e. The van der Waals surface area contributed by atoms with Gasteiger partial charge in [0.2, 0.25) is 5.91 Å². The molecule has 1 amide bonds. The van der Waals surface area contributed by atoms with Crippen molar-refractivity contribution in [1.29, 1.82) is 0 Å². The Morgan fingerprint density at radius 3 is 2.87 bits per heavy atom. The quantitative estimate of drug-likeness (QED) is 0.840. The van der Waals surface area contributed by atoms with E-state index in [1.807, 2.05) is 18.2 Å². The molecular formula is C19H28N2O2. The topological polar surface area (TPSA) is 41.6 Å². The molecule has 4 heteroatoms. The molecule has 1 aliphatic carbocycles. The molecule has 23 heavy (non-hydrogen) atoms. The molecule has 1 aromatic rings. The number of rotatable bonds is 7. The lowest BCUT2D eigenvalue weighted by Crippen LogP contribution is -2.32. The van der Waals surface area contributed by atoms with E-state index in [4.69, 9.17) is 4.74 Å². The Labute approximate surface area is 139 Å². The van der Waals surface area contributed by atoms with Crippen molar-refractivity contribution in [1.82, 2.24) is 5.32 Å². The Morgan fingerprint density at radius 1 is 1.35 bits per heavy atom. The Balaban J connectivity index is 1.45. The number of hydrogen-bond donors (Lipinski definition) is 1. The highest BCUT2D eigenvalue weighted by Gasteiger charge is 2.30. The van der Waals surface area contributed by atoms with Gasteiger partial charge in [-0.3, -0.25) is 4.79 Å². The second-order valence-corrected chi connectivity index (χ2v) is 7.10. The van der Waals surface area contributed by atoms with Gasteiger partial charge in [0, 0.05) is 26.1 Å². The number of carbonyl (C=O) groups is 1. The Kier molecular flexibility index (Phi) is 5.09. The zero-order valence-corrected chi connectivity index (χ0v) is 14.3. The summed E-state index contributed by atoms with van der Waals surface area (Å²) in [5.41, 5.74) is 1.16. The predicted octanol–water partition coefficient (Wildman–Crippen LogP) is 3.07. The van der Waals surface area contributed by atoms with Crippen molar-refractivity contribution in [3.05, 3.63) is 24.3 Å². The predicted molar refractivity (Wildman–Crippen MR) is 92.8 cm³/mol. The minimum absolute atomic E-state index is 0.222. The average Bonchev–Trinajstić information content (AvgIpc) is 3.32. The van der Waals surface area contributed by atoms with Crippen LogP contribution in [0.1, 0.15) is 32.6 Å². The second kappa shape index (κ2) is 7.24. The van der Waals surface area contributed by atoms with Gasteiger partial charge in [-0.2, -0.15) is 0 Å². The van der Waals surface area contributed by atoms with Crippen LogP contribution in [-0.2, 0) is 4.79 Å². The maximum absolute atomic E-state index is 12.0. The highest BCUT2D eigenvalue weighted by Crippen LogP contribution is 2.38. The van der Waals surface area contributed by atoms with Gasteiger partial charge in [0.05, 0.1) is 12.8 Å². The van der Waals surface area contributed by atoms with Crippen molar-refractivity contribution in [3.8, 4) is 5.75 Å². The van der Waals surface area contributed by atoms with Gasteiger partial charge in [-0.1, -0.05) is 19.1 Å². The number of nitrogens with zero attached hydrogens (tertiary/aromatic N) is 1. The molecule has 0 unspecified atom stereocenters. The lowest BCUT2D eigenvalue weighted by atomic mass is 10.0. The van der Waals surface area contributed by atoms with Crippen LogP contribution in [0.5, 0.6) is 5.75 Å². The van der Waals surface area contributed by atoms with Gasteiger partial charge < -0.3 is 15.0 Å². The van der Waals surface area contributed by atoms with Gasteiger partial charge in [0.15, 0.2) is 0 Å². The van der Waals surface area contributed by atoms with E-state index in [9.17, 15) is 4.79 Å². The molecule has 1 aliphatic heterocycles. The van der Waals surface area contributed by atoms with Gasteiger partial charge in [0.1, 0.15) is 5.75 Å². The lowest BCUT2D eigenvalue weighted by molar-refractivity contribution is -0.122. The molecule has 2 atom stereocenters. The second-order valence-electron chi connectivity index (χ2n) is 7.10. The molecule has 126 valence electrons. The number of para-hydroxylation sites is 2. The number of hydrogen-bond acceptors (Lipinski definition) is 3. The normalized spacial score (nSPS) is 22.0. The van der Waals surface area contributed by atoms with E-state index in [1.54, 1.807) is 7.11 Å². The molecule has 2 fully saturated rings. The first-order valence-electron chi connectivity index (χ1n) is 8.82. The zero-order chi connectivity index (χ0) is 16.2. The fourth-order valence-electron chi connectivity index (χ4n) is 3.56. The molecule has 0 spiro atoms. The standard InChI is InChI=1S/C19H28N2O2/c1-14(16-7-8-16)11-19(22)20-12-15-9-10-21(13-15)17-5-3-4-6-18(17)23-2/h3-6,14-16H,7-13H2,1-2H3,(H,20,22)/t14-,15+/m1/s1. The molecule has 0 radical (unpaired) electrons. The SMILES string of the molecule is COc1ccccc1N1CC[C@@H](CNC(=O)C[C@@H](C)C2CC2)C1. The van der Waals surface area contributed by atoms with Crippen LogP contribution in [0.2, 0.25) is 0 Å². The van der Waals surface area contributed by atoms with E-state index in [0.29, 0.717) is 18.3 Å². The molecule has 1 aromatic carbocycles. The summed E-state index contributed by atoms with van der Waals surface area (Å²) in [6.07, 6.45) is 4.43. The van der Waals surface area contributed by atoms with E-state index < -0.39 is 0 Å². The summed E-state index contributed by atoms with van der Waals surface area (Å²) in [6.45, 7) is 5.01. The van der Waals surface area contributed by atoms with Crippen LogP contribution in [0.4, 0.5) is 5.69 Å². The number of benzene rings is 1. The van der Waals surface area contributed by atoms with Crippen LogP contribution in [0.25, 0.3) is 0 Å². The molecule has 4 nitrogen and oxygen atoms in total. The van der Waals surface area contributed by atoms with Crippen LogP contribution < -0.4 is 15.0 Å². The average molecular weight is 316 g/mol. The van der Waals surface area contributed by atoms with Crippen molar-refractivity contribution in [3.63, 3.8) is 0 Å². The highest BCUT2D eigenvalue weighted by atomic mass is 16.5. The molecule has 1 N–H and O–H groups in total. The summed E-state index contributed by atoms with van der Waals surface area (Å²) < 4.78 is 5.45. The van der Waals surface area contributed by atoms with E-state index in [2.05, 4.69) is 23.2 Å². The van der Waals surface area contributed by atoms with Crippen LogP contribution in [0.3, 0.4) is 0 Å². The van der Waals surface area contributed by atoms with Crippen LogP contribution >= 0.6 is 0 Å². The monoisotopic (exact) mass is 316 g/mol. The number of anilines is 1. The lowest BCUT2D eigenvalue weighted by Gasteiger charge is -2.21. The number of ether oxygens (including phenoxy) is 1. The van der Waals surface area contributed by atoms with Gasteiger partial charge in [0.25, 0.3) is 0 Å². The maximum Gasteiger partial charge on any atom is 0.220 e. The minimum atomic E-state index is 0.222. The number of nitrogens with one attached hydrogen (secondary N) is 1. The van der Waals surface area contributed by atoms with E-state index >= 15 is 0 Å². The molecule has 0 aromatic heterocycles. The molecule has 2 aliphatic rings. The fourth-order valence-corrected chi connectivity index (χ4v) is 3.56. The molecule has 0 bridgehead atoms. The fraction of sp³-hybridized carbons (Fsp3) is 0.632. The summed E-state index contributed by atoms with van der Waals surface area (Å²) in [5.74, 6) is 3.02. The van der Waals surface area contributed by atoms with Crippen LogP contribution in [0.15, 0.2) is 24.3 Å². The van der Waals surface area contributed by atoms with Gasteiger partial charge in [-0.25, -0.2) is 0 Å². The maximum atomic E-state index is 12.0. The molecule has 1 heterocycles. The molecular weight excluding hydrogens is 288 g/mol. The third-order valence-corrected chi connectivity index (χ3v) is 5.23. The van der Waals surface area contributed by atoms with E-state index in [1.165, 1.54) is 12.8 Å². The molecule has 1 saturated heterocycles. The number of amides is 1. The van der Waals surface area contributed by atoms with Crippen LogP contribution in [-0.4, -0.2) is 32.7 Å². The van der Waals surface area contributed by atoms with E-state index in [0.717, 1.165) is 43.4 Å². The van der Waals surface area contributed by atoms with Gasteiger partial charge >= 0.3 is 0 Å². The Bertz CT molecular complexity index is 542. The summed E-state index contributed by atoms with van der Waals surface area (Å²) >= 11 is 0. The first-order valence-corrected chi connectivity index (χ1v) is 8.82. The summed E-state index contributed by atoms with van der Waals surface area (Å²) in [4.78, 5) is 14.4. The number of methoxy groups -OCH3 is 1. The van der Waals surface area contributed by atoms with Crippen molar-refractivity contribution < 1.29 is 9.53 Å². The number of carbonyl (C=O) groups excluding carboxylic acids is 1. The van der Waals surface area contributed by atoms with Gasteiger partial charge in [-0.05, 0) is 49.1 Å². The third kappa shape index (κ3) is 4.18. The first-order chi connectivity index (χ1) is 11.2. The van der Waals surface area contributed by atoms with Crippen molar-refractivity contribution >= 4 is 11.6 Å². The highest BCUT2D eigenvalue weighted by molar-refractivity contribution is 5.76. The van der Waals surface area contributed by atoms with Crippen molar-refractivity contribution in [2.75, 3.05) is 31.6 Å². The summed E-state index contributed by atoms with van der Waals surface area (Å²) in [7, 11) is 1.72. The molecule has 1 saturated carbocycles.